The fourth-order valence-corrected chi connectivity index (χ4v) is 6.63. The summed E-state index contributed by atoms with van der Waals surface area (Å²) in [6.07, 6.45) is 23.6. The van der Waals surface area contributed by atoms with E-state index in [1.54, 1.807) is 0 Å². The predicted octanol–water partition coefficient (Wildman–Crippen LogP) is 13.7. The van der Waals surface area contributed by atoms with E-state index in [1.807, 2.05) is 66.7 Å². The van der Waals surface area contributed by atoms with E-state index in [9.17, 15) is 0 Å². The third-order valence-corrected chi connectivity index (χ3v) is 10.1. The van der Waals surface area contributed by atoms with Crippen molar-refractivity contribution in [1.82, 2.24) is 20.4 Å². The normalized spacial score (nSPS) is 11.3. The van der Waals surface area contributed by atoms with Gasteiger partial charge in [-0.3, -0.25) is 0 Å². The third kappa shape index (κ3) is 14.1. The highest BCUT2D eigenvalue weighted by Crippen LogP contribution is 2.36. The molecule has 9 nitrogen and oxygen atoms in total. The third-order valence-electron chi connectivity index (χ3n) is 10.1. The van der Waals surface area contributed by atoms with Gasteiger partial charge in [-0.05, 0) is 86.0 Å². The smallest absolute Gasteiger partial charge is 0.251 e. The summed E-state index contributed by atoms with van der Waals surface area (Å²) in [5.41, 5.74) is 3.10. The Bertz CT molecular complexity index is 1780. The molecule has 0 saturated heterocycles. The molecule has 5 rings (SSSR count). The average Bonchev–Trinajstić information content (AvgIpc) is 3.93. The Morgan fingerprint density at radius 3 is 1.23 bits per heavy atom. The van der Waals surface area contributed by atoms with E-state index in [-0.39, 0.29) is 0 Å². The minimum Gasteiger partial charge on any atom is -0.494 e. The van der Waals surface area contributed by atoms with Crippen molar-refractivity contribution in [1.29, 1.82) is 0 Å². The van der Waals surface area contributed by atoms with Gasteiger partial charge in [0.2, 0.25) is 17.7 Å². The SMILES string of the molecule is CCCCCCCCCCOc1ccc(-c2nnc(-c3ccc(-c4nnc(-c5ccc(OCCCCCCCCCC)cc5)o4)c(OCCCCC)c3)o2)cc1. The van der Waals surface area contributed by atoms with Crippen LogP contribution in [0.4, 0.5) is 0 Å². The Morgan fingerprint density at radius 1 is 0.375 bits per heavy atom. The van der Waals surface area contributed by atoms with Crippen LogP contribution >= 0.6 is 0 Å². The maximum atomic E-state index is 6.30. The van der Waals surface area contributed by atoms with E-state index in [0.29, 0.717) is 41.5 Å². The van der Waals surface area contributed by atoms with Crippen LogP contribution in [0.25, 0.3) is 45.8 Å². The largest absolute Gasteiger partial charge is 0.494 e. The van der Waals surface area contributed by atoms with Gasteiger partial charge in [-0.1, -0.05) is 124 Å². The molecular formula is C47H64N4O5. The van der Waals surface area contributed by atoms with Crippen molar-refractivity contribution in [2.24, 2.45) is 0 Å². The molecule has 3 aromatic carbocycles. The first kappa shape index (κ1) is 42.5. The number of nitrogens with zero attached hydrogens (tertiary/aromatic N) is 4. The Kier molecular flexibility index (Phi) is 18.8. The number of rotatable bonds is 29. The Balaban J connectivity index is 1.16. The average molecular weight is 765 g/mol. The van der Waals surface area contributed by atoms with Gasteiger partial charge in [-0.2, -0.15) is 0 Å². The Hall–Kier alpha value is -4.66. The van der Waals surface area contributed by atoms with E-state index in [1.165, 1.54) is 89.9 Å². The second-order valence-electron chi connectivity index (χ2n) is 14.8. The van der Waals surface area contributed by atoms with E-state index < -0.39 is 0 Å². The van der Waals surface area contributed by atoms with E-state index in [4.69, 9.17) is 23.0 Å². The van der Waals surface area contributed by atoms with Crippen molar-refractivity contribution in [3.63, 3.8) is 0 Å². The van der Waals surface area contributed by atoms with E-state index in [0.717, 1.165) is 73.5 Å². The lowest BCUT2D eigenvalue weighted by atomic mass is 10.1. The maximum absolute atomic E-state index is 6.30. The van der Waals surface area contributed by atoms with Crippen molar-refractivity contribution in [3.05, 3.63) is 66.7 Å². The first-order valence-corrected chi connectivity index (χ1v) is 21.6. The van der Waals surface area contributed by atoms with Crippen LogP contribution in [0.5, 0.6) is 17.2 Å². The second kappa shape index (κ2) is 24.8. The van der Waals surface area contributed by atoms with Gasteiger partial charge in [0.25, 0.3) is 5.89 Å². The lowest BCUT2D eigenvalue weighted by Crippen LogP contribution is -1.99. The summed E-state index contributed by atoms with van der Waals surface area (Å²) in [6, 6.07) is 21.4. The van der Waals surface area contributed by atoms with Crippen molar-refractivity contribution >= 4 is 0 Å². The van der Waals surface area contributed by atoms with Gasteiger partial charge in [0.1, 0.15) is 17.2 Å². The summed E-state index contributed by atoms with van der Waals surface area (Å²) >= 11 is 0. The molecule has 0 fully saturated rings. The monoisotopic (exact) mass is 764 g/mol. The highest BCUT2D eigenvalue weighted by Gasteiger charge is 2.19. The van der Waals surface area contributed by atoms with E-state index in [2.05, 4.69) is 41.2 Å². The van der Waals surface area contributed by atoms with Crippen LogP contribution in [0.1, 0.15) is 143 Å². The summed E-state index contributed by atoms with van der Waals surface area (Å²) in [6.45, 7) is 8.71. The number of aromatic nitrogens is 4. The molecule has 5 aromatic rings. The summed E-state index contributed by atoms with van der Waals surface area (Å²) in [7, 11) is 0. The van der Waals surface area contributed by atoms with Crippen molar-refractivity contribution in [2.75, 3.05) is 19.8 Å². The molecule has 0 radical (unpaired) electrons. The summed E-state index contributed by atoms with van der Waals surface area (Å²) in [5, 5.41) is 17.5. The second-order valence-corrected chi connectivity index (χ2v) is 14.8. The summed E-state index contributed by atoms with van der Waals surface area (Å²) in [5.74, 6) is 3.96. The number of ether oxygens (including phenoxy) is 3. The van der Waals surface area contributed by atoms with Gasteiger partial charge < -0.3 is 23.0 Å². The fraction of sp³-hybridized carbons (Fsp3) is 0.532. The minimum atomic E-state index is 0.378. The first-order valence-electron chi connectivity index (χ1n) is 21.6. The molecule has 9 heteroatoms. The molecule has 0 bridgehead atoms. The van der Waals surface area contributed by atoms with Gasteiger partial charge in [0.05, 0.1) is 25.4 Å². The molecule has 0 saturated carbocycles. The van der Waals surface area contributed by atoms with Crippen LogP contribution in [0.2, 0.25) is 0 Å². The molecular weight excluding hydrogens is 701 g/mol. The number of hydrogen-bond acceptors (Lipinski definition) is 9. The molecule has 2 heterocycles. The molecule has 2 aromatic heterocycles. The zero-order chi connectivity index (χ0) is 39.0. The van der Waals surface area contributed by atoms with Crippen LogP contribution in [0, 0.1) is 0 Å². The number of benzene rings is 3. The summed E-state index contributed by atoms with van der Waals surface area (Å²) in [4.78, 5) is 0. The molecule has 56 heavy (non-hydrogen) atoms. The van der Waals surface area contributed by atoms with Gasteiger partial charge in [-0.25, -0.2) is 0 Å². The van der Waals surface area contributed by atoms with E-state index >= 15 is 0 Å². The number of hydrogen-bond donors (Lipinski definition) is 0. The van der Waals surface area contributed by atoms with Crippen LogP contribution in [-0.4, -0.2) is 40.2 Å². The molecule has 0 aliphatic carbocycles. The number of unbranched alkanes of at least 4 members (excludes halogenated alkanes) is 16. The minimum absolute atomic E-state index is 0.378. The zero-order valence-corrected chi connectivity index (χ0v) is 34.2. The van der Waals surface area contributed by atoms with Crippen molar-refractivity contribution in [3.8, 4) is 63.1 Å². The maximum Gasteiger partial charge on any atom is 0.251 e. The predicted molar refractivity (Wildman–Crippen MR) is 225 cm³/mol. The fourth-order valence-electron chi connectivity index (χ4n) is 6.63. The molecule has 0 atom stereocenters. The molecule has 0 unspecified atom stereocenters. The molecule has 0 aliphatic heterocycles. The van der Waals surface area contributed by atoms with Gasteiger partial charge >= 0.3 is 0 Å². The van der Waals surface area contributed by atoms with Gasteiger partial charge in [0, 0.05) is 16.7 Å². The highest BCUT2D eigenvalue weighted by atomic mass is 16.5. The molecule has 0 amide bonds. The van der Waals surface area contributed by atoms with Crippen LogP contribution in [-0.2, 0) is 0 Å². The molecule has 0 aliphatic rings. The molecule has 0 N–H and O–H groups in total. The van der Waals surface area contributed by atoms with Crippen molar-refractivity contribution in [2.45, 2.75) is 143 Å². The van der Waals surface area contributed by atoms with Crippen LogP contribution in [0.15, 0.2) is 75.6 Å². The summed E-state index contributed by atoms with van der Waals surface area (Å²) < 4.78 is 30.6. The molecule has 0 spiro atoms. The lowest BCUT2D eigenvalue weighted by Gasteiger charge is -2.10. The van der Waals surface area contributed by atoms with Crippen LogP contribution < -0.4 is 14.2 Å². The Labute approximate surface area is 335 Å². The zero-order valence-electron chi connectivity index (χ0n) is 34.2. The first-order chi connectivity index (χ1) is 27.7. The quantitative estimate of drug-likeness (QED) is 0.0440. The van der Waals surface area contributed by atoms with Crippen molar-refractivity contribution < 1.29 is 23.0 Å². The van der Waals surface area contributed by atoms with Gasteiger partial charge in [-0.15, -0.1) is 20.4 Å². The standard InChI is InChI=1S/C47H64N4O5/c1-4-7-10-12-14-16-18-21-33-52-40-28-23-37(24-29-40)44-48-50-46(55-44)39-27-32-42(43(36-39)54-35-20-9-6-3)47-51-49-45(56-47)38-25-30-41(31-26-38)53-34-22-19-17-15-13-11-8-5-2/h23-32,36H,4-22,33-35H2,1-3H3. The molecule has 302 valence electrons. The topological polar surface area (TPSA) is 106 Å². The Morgan fingerprint density at radius 2 is 0.732 bits per heavy atom. The highest BCUT2D eigenvalue weighted by molar-refractivity contribution is 5.70. The van der Waals surface area contributed by atoms with Crippen LogP contribution in [0.3, 0.4) is 0 Å². The van der Waals surface area contributed by atoms with Gasteiger partial charge in [0.15, 0.2) is 0 Å². The lowest BCUT2D eigenvalue weighted by molar-refractivity contribution is 0.304.